The van der Waals surface area contributed by atoms with Gasteiger partial charge < -0.3 is 15.5 Å². The number of anilines is 1. The smallest absolute Gasteiger partial charge is 0.262 e. The number of benzene rings is 2. The molecule has 0 spiro atoms. The van der Waals surface area contributed by atoms with E-state index < -0.39 is 6.04 Å². The Labute approximate surface area is 134 Å². The molecule has 0 heterocycles. The molecule has 2 aromatic rings. The van der Waals surface area contributed by atoms with Crippen LogP contribution in [-0.2, 0) is 4.79 Å². The molecule has 1 atom stereocenters. The van der Waals surface area contributed by atoms with Crippen LogP contribution in [0.15, 0.2) is 47.6 Å². The monoisotopic (exact) mass is 313 g/mol. The van der Waals surface area contributed by atoms with Gasteiger partial charge in [-0.05, 0) is 38.1 Å². The number of aryl methyl sites for hydroxylation is 1. The van der Waals surface area contributed by atoms with Crippen molar-refractivity contribution in [3.8, 4) is 11.5 Å². The van der Waals surface area contributed by atoms with Crippen LogP contribution >= 0.6 is 0 Å². The zero-order valence-corrected chi connectivity index (χ0v) is 12.9. The number of rotatable bonds is 5. The van der Waals surface area contributed by atoms with Crippen LogP contribution in [-0.4, -0.2) is 28.4 Å². The number of phenols is 2. The molecule has 0 radical (unpaired) electrons. The number of amides is 1. The van der Waals surface area contributed by atoms with Gasteiger partial charge in [-0.15, -0.1) is 0 Å². The lowest BCUT2D eigenvalue weighted by atomic mass is 10.2. The molecule has 1 unspecified atom stereocenters. The van der Waals surface area contributed by atoms with E-state index in [-0.39, 0.29) is 17.4 Å². The molecule has 0 aliphatic carbocycles. The van der Waals surface area contributed by atoms with Gasteiger partial charge in [0.15, 0.2) is 0 Å². The van der Waals surface area contributed by atoms with E-state index in [0.717, 1.165) is 11.3 Å². The highest BCUT2D eigenvalue weighted by Gasteiger charge is 2.11. The molecule has 0 bridgehead atoms. The minimum absolute atomic E-state index is 0.0420. The highest BCUT2D eigenvalue weighted by atomic mass is 16.3. The predicted octanol–water partition coefficient (Wildman–Crippen LogP) is 2.36. The van der Waals surface area contributed by atoms with E-state index in [4.69, 9.17) is 0 Å². The molecular formula is C17H19N3O3. The van der Waals surface area contributed by atoms with Crippen molar-refractivity contribution in [2.75, 3.05) is 5.32 Å². The van der Waals surface area contributed by atoms with E-state index in [2.05, 4.69) is 15.8 Å². The van der Waals surface area contributed by atoms with Gasteiger partial charge in [-0.2, -0.15) is 5.10 Å². The number of hydrogen-bond acceptors (Lipinski definition) is 5. The second-order valence-electron chi connectivity index (χ2n) is 5.21. The molecule has 23 heavy (non-hydrogen) atoms. The van der Waals surface area contributed by atoms with Crippen LogP contribution in [0.3, 0.4) is 0 Å². The molecule has 6 heteroatoms. The van der Waals surface area contributed by atoms with Gasteiger partial charge in [0.25, 0.3) is 5.91 Å². The van der Waals surface area contributed by atoms with Gasteiger partial charge in [-0.25, -0.2) is 5.43 Å². The van der Waals surface area contributed by atoms with E-state index in [1.54, 1.807) is 6.92 Å². The van der Waals surface area contributed by atoms with E-state index in [9.17, 15) is 15.0 Å². The third kappa shape index (κ3) is 4.74. The number of nitrogens with zero attached hydrogens (tertiary/aromatic N) is 1. The third-order valence-corrected chi connectivity index (χ3v) is 3.22. The quantitative estimate of drug-likeness (QED) is 0.503. The Morgan fingerprint density at radius 3 is 2.52 bits per heavy atom. The van der Waals surface area contributed by atoms with Crippen molar-refractivity contribution in [1.82, 2.24) is 5.43 Å². The molecule has 1 amide bonds. The first-order valence-electron chi connectivity index (χ1n) is 7.14. The lowest BCUT2D eigenvalue weighted by molar-refractivity contribution is -0.121. The topological polar surface area (TPSA) is 94.0 Å². The summed E-state index contributed by atoms with van der Waals surface area (Å²) in [5, 5.41) is 25.7. The van der Waals surface area contributed by atoms with Gasteiger partial charge in [0.1, 0.15) is 17.5 Å². The van der Waals surface area contributed by atoms with Crippen LogP contribution in [0.4, 0.5) is 5.69 Å². The van der Waals surface area contributed by atoms with Crippen molar-refractivity contribution in [2.24, 2.45) is 5.10 Å². The van der Waals surface area contributed by atoms with Crippen LogP contribution < -0.4 is 10.7 Å². The first-order chi connectivity index (χ1) is 11.0. The molecule has 0 aliphatic heterocycles. The molecule has 0 saturated carbocycles. The summed E-state index contributed by atoms with van der Waals surface area (Å²) in [6, 6.07) is 11.4. The summed E-state index contributed by atoms with van der Waals surface area (Å²) < 4.78 is 0. The van der Waals surface area contributed by atoms with Crippen LogP contribution in [0, 0.1) is 6.92 Å². The number of carbonyl (C=O) groups is 1. The minimum Gasteiger partial charge on any atom is -0.508 e. The summed E-state index contributed by atoms with van der Waals surface area (Å²) in [4.78, 5) is 12.0. The second kappa shape index (κ2) is 7.31. The first kappa shape index (κ1) is 16.4. The van der Waals surface area contributed by atoms with Gasteiger partial charge in [-0.1, -0.05) is 17.7 Å². The number of hydrogen-bond donors (Lipinski definition) is 4. The van der Waals surface area contributed by atoms with Crippen LogP contribution in [0.1, 0.15) is 18.1 Å². The van der Waals surface area contributed by atoms with Gasteiger partial charge in [0, 0.05) is 17.3 Å². The van der Waals surface area contributed by atoms with E-state index >= 15 is 0 Å². The number of aromatic hydroxyl groups is 2. The molecular weight excluding hydrogens is 294 g/mol. The fraction of sp³-hybridized carbons (Fsp3) is 0.176. The van der Waals surface area contributed by atoms with Crippen molar-refractivity contribution in [1.29, 1.82) is 0 Å². The molecule has 2 aromatic carbocycles. The fourth-order valence-corrected chi connectivity index (χ4v) is 1.87. The van der Waals surface area contributed by atoms with Crippen LogP contribution in [0.5, 0.6) is 11.5 Å². The molecule has 0 aromatic heterocycles. The Kier molecular flexibility index (Phi) is 5.19. The normalized spacial score (nSPS) is 12.1. The van der Waals surface area contributed by atoms with Crippen molar-refractivity contribution in [3.05, 3.63) is 53.6 Å². The number of hydrazone groups is 1. The highest BCUT2D eigenvalue weighted by molar-refractivity contribution is 5.87. The van der Waals surface area contributed by atoms with Gasteiger partial charge in [0.2, 0.25) is 0 Å². The SMILES string of the molecule is Cc1ccc(NC(C)C(=O)NN=Cc2ccc(O)cc2O)cc1. The number of carbonyl (C=O) groups excluding carboxylic acids is 1. The number of phenolic OH excluding ortho intramolecular Hbond substituents is 2. The van der Waals surface area contributed by atoms with Crippen molar-refractivity contribution in [3.63, 3.8) is 0 Å². The van der Waals surface area contributed by atoms with E-state index in [1.165, 1.54) is 24.4 Å². The maximum atomic E-state index is 12.0. The van der Waals surface area contributed by atoms with Crippen molar-refractivity contribution in [2.45, 2.75) is 19.9 Å². The Balaban J connectivity index is 1.90. The Morgan fingerprint density at radius 1 is 1.17 bits per heavy atom. The summed E-state index contributed by atoms with van der Waals surface area (Å²) in [6.45, 7) is 3.72. The molecule has 4 N–H and O–H groups in total. The standard InChI is InChI=1S/C17H19N3O3/c1-11-3-6-14(7-4-11)19-12(2)17(23)20-18-10-13-5-8-15(21)9-16(13)22/h3-10,12,19,21-22H,1-2H3,(H,20,23). The first-order valence-corrected chi connectivity index (χ1v) is 7.14. The Morgan fingerprint density at radius 2 is 1.87 bits per heavy atom. The average Bonchev–Trinajstić information content (AvgIpc) is 2.51. The molecule has 0 saturated heterocycles. The summed E-state index contributed by atoms with van der Waals surface area (Å²) in [7, 11) is 0. The molecule has 0 fully saturated rings. The lowest BCUT2D eigenvalue weighted by Crippen LogP contribution is -2.34. The third-order valence-electron chi connectivity index (χ3n) is 3.22. The second-order valence-corrected chi connectivity index (χ2v) is 5.21. The Bertz CT molecular complexity index is 712. The van der Waals surface area contributed by atoms with E-state index in [1.807, 2.05) is 31.2 Å². The van der Waals surface area contributed by atoms with E-state index in [0.29, 0.717) is 5.56 Å². The average molecular weight is 313 g/mol. The van der Waals surface area contributed by atoms with Gasteiger partial charge >= 0.3 is 0 Å². The molecule has 120 valence electrons. The fourth-order valence-electron chi connectivity index (χ4n) is 1.87. The summed E-state index contributed by atoms with van der Waals surface area (Å²) in [6.07, 6.45) is 1.31. The van der Waals surface area contributed by atoms with Gasteiger partial charge in [-0.3, -0.25) is 4.79 Å². The van der Waals surface area contributed by atoms with Crippen molar-refractivity contribution < 1.29 is 15.0 Å². The largest absolute Gasteiger partial charge is 0.508 e. The Hall–Kier alpha value is -3.02. The minimum atomic E-state index is -0.469. The zero-order chi connectivity index (χ0) is 16.8. The highest BCUT2D eigenvalue weighted by Crippen LogP contribution is 2.20. The summed E-state index contributed by atoms with van der Waals surface area (Å²) >= 11 is 0. The van der Waals surface area contributed by atoms with Crippen molar-refractivity contribution >= 4 is 17.8 Å². The maximum absolute atomic E-state index is 12.0. The summed E-state index contributed by atoms with van der Waals surface area (Å²) in [5.74, 6) is -0.464. The van der Waals surface area contributed by atoms with Crippen LogP contribution in [0.25, 0.3) is 0 Å². The van der Waals surface area contributed by atoms with Gasteiger partial charge in [0.05, 0.1) is 6.21 Å². The zero-order valence-electron chi connectivity index (χ0n) is 12.9. The van der Waals surface area contributed by atoms with Crippen LogP contribution in [0.2, 0.25) is 0 Å². The molecule has 0 aliphatic rings. The summed E-state index contributed by atoms with van der Waals surface area (Å²) in [5.41, 5.74) is 4.78. The molecule has 6 nitrogen and oxygen atoms in total. The lowest BCUT2D eigenvalue weighted by Gasteiger charge is -2.13. The predicted molar refractivity (Wildman–Crippen MR) is 89.8 cm³/mol. The molecule has 2 rings (SSSR count). The maximum Gasteiger partial charge on any atom is 0.262 e. The number of nitrogens with one attached hydrogen (secondary N) is 2.